The summed E-state index contributed by atoms with van der Waals surface area (Å²) in [6.07, 6.45) is -1.20. The van der Waals surface area contributed by atoms with Crippen LogP contribution in [0.3, 0.4) is 0 Å². The summed E-state index contributed by atoms with van der Waals surface area (Å²) in [5, 5.41) is 8.06. The zero-order valence-electron chi connectivity index (χ0n) is 13.9. The van der Waals surface area contributed by atoms with E-state index >= 15 is 0 Å². The molecule has 0 aliphatic heterocycles. The lowest BCUT2D eigenvalue weighted by atomic mass is 10.2. The lowest BCUT2D eigenvalue weighted by Crippen LogP contribution is -2.25. The molecule has 0 bridgehead atoms. The smallest absolute Gasteiger partial charge is 0.257 e. The standard InChI is InChI=1S/C17H12BrF3N6/c1-9-24-25-17-23-16(15-11(19)3-2-4-12(15)27(9)17)26(8-14(20)21)10-5-6-22-13(18)7-10/h2-7,14H,8H2,1H3. The number of benzene rings is 1. The molecule has 0 saturated heterocycles. The molecule has 0 unspecified atom stereocenters. The predicted octanol–water partition coefficient (Wildman–Crippen LogP) is 4.29. The van der Waals surface area contributed by atoms with Gasteiger partial charge in [-0.2, -0.15) is 4.98 Å². The number of fused-ring (bicyclic) bond motifs is 3. The number of anilines is 2. The number of alkyl halides is 2. The first kappa shape index (κ1) is 17.7. The van der Waals surface area contributed by atoms with Crippen LogP contribution in [-0.4, -0.2) is 37.5 Å². The van der Waals surface area contributed by atoms with Crippen molar-refractivity contribution in [3.05, 3.63) is 52.8 Å². The molecule has 0 aliphatic rings. The Hall–Kier alpha value is -2.75. The molecule has 0 spiro atoms. The Labute approximate surface area is 159 Å². The minimum absolute atomic E-state index is 0.0430. The molecule has 1 aromatic carbocycles. The summed E-state index contributed by atoms with van der Waals surface area (Å²) >= 11 is 3.23. The zero-order chi connectivity index (χ0) is 19.1. The Balaban J connectivity index is 2.07. The molecule has 27 heavy (non-hydrogen) atoms. The van der Waals surface area contributed by atoms with E-state index < -0.39 is 18.8 Å². The highest BCUT2D eigenvalue weighted by atomic mass is 79.9. The highest BCUT2D eigenvalue weighted by Crippen LogP contribution is 2.34. The van der Waals surface area contributed by atoms with Crippen molar-refractivity contribution in [3.8, 4) is 0 Å². The number of hydrogen-bond acceptors (Lipinski definition) is 5. The average Bonchev–Trinajstić information content (AvgIpc) is 3.00. The third kappa shape index (κ3) is 3.09. The van der Waals surface area contributed by atoms with Crippen LogP contribution < -0.4 is 4.90 Å². The molecule has 3 aromatic heterocycles. The third-order valence-corrected chi connectivity index (χ3v) is 4.50. The quantitative estimate of drug-likeness (QED) is 0.446. The van der Waals surface area contributed by atoms with E-state index in [-0.39, 0.29) is 17.0 Å². The second-order valence-corrected chi connectivity index (χ2v) is 6.60. The van der Waals surface area contributed by atoms with Gasteiger partial charge in [0.15, 0.2) is 0 Å². The van der Waals surface area contributed by atoms with E-state index in [2.05, 4.69) is 36.1 Å². The van der Waals surface area contributed by atoms with Gasteiger partial charge >= 0.3 is 0 Å². The van der Waals surface area contributed by atoms with Gasteiger partial charge in [0.25, 0.3) is 12.2 Å². The van der Waals surface area contributed by atoms with Gasteiger partial charge in [0.1, 0.15) is 22.1 Å². The van der Waals surface area contributed by atoms with Crippen molar-refractivity contribution in [1.82, 2.24) is 24.6 Å². The van der Waals surface area contributed by atoms with E-state index in [1.54, 1.807) is 35.6 Å². The molecule has 0 radical (unpaired) electrons. The molecule has 0 amide bonds. The number of aryl methyl sites for hydroxylation is 1. The second-order valence-electron chi connectivity index (χ2n) is 5.79. The minimum atomic E-state index is -2.67. The average molecular weight is 437 g/mol. The van der Waals surface area contributed by atoms with Gasteiger partial charge in [-0.15, -0.1) is 10.2 Å². The molecule has 10 heteroatoms. The highest BCUT2D eigenvalue weighted by molar-refractivity contribution is 9.10. The maximum atomic E-state index is 14.8. The number of halogens is 4. The molecule has 3 heterocycles. The molecule has 0 fully saturated rings. The van der Waals surface area contributed by atoms with Crippen LogP contribution in [0.15, 0.2) is 41.1 Å². The molecule has 0 atom stereocenters. The predicted molar refractivity (Wildman–Crippen MR) is 97.9 cm³/mol. The van der Waals surface area contributed by atoms with Crippen LogP contribution in [0.2, 0.25) is 0 Å². The molecule has 0 saturated carbocycles. The number of nitrogens with zero attached hydrogens (tertiary/aromatic N) is 6. The first-order chi connectivity index (χ1) is 13.0. The Morgan fingerprint density at radius 1 is 1.22 bits per heavy atom. The van der Waals surface area contributed by atoms with Crippen LogP contribution in [-0.2, 0) is 0 Å². The summed E-state index contributed by atoms with van der Waals surface area (Å²) in [4.78, 5) is 9.62. The fourth-order valence-corrected chi connectivity index (χ4v) is 3.34. The van der Waals surface area contributed by atoms with E-state index in [9.17, 15) is 13.2 Å². The molecule has 138 valence electrons. The van der Waals surface area contributed by atoms with E-state index in [0.29, 0.717) is 21.6 Å². The maximum Gasteiger partial charge on any atom is 0.257 e. The van der Waals surface area contributed by atoms with Gasteiger partial charge in [-0.1, -0.05) is 6.07 Å². The summed E-state index contributed by atoms with van der Waals surface area (Å²) in [6.45, 7) is 1.04. The largest absolute Gasteiger partial charge is 0.320 e. The van der Waals surface area contributed by atoms with Crippen molar-refractivity contribution in [2.24, 2.45) is 0 Å². The Morgan fingerprint density at radius 3 is 2.78 bits per heavy atom. The van der Waals surface area contributed by atoms with Crippen molar-refractivity contribution in [1.29, 1.82) is 0 Å². The van der Waals surface area contributed by atoms with Crippen LogP contribution in [0, 0.1) is 12.7 Å². The van der Waals surface area contributed by atoms with Crippen LogP contribution in [0.5, 0.6) is 0 Å². The van der Waals surface area contributed by atoms with Gasteiger partial charge in [-0.25, -0.2) is 18.2 Å². The van der Waals surface area contributed by atoms with Crippen molar-refractivity contribution >= 4 is 44.1 Å². The monoisotopic (exact) mass is 436 g/mol. The topological polar surface area (TPSA) is 59.2 Å². The number of rotatable bonds is 4. The molecular formula is C17H12BrF3N6. The molecular weight excluding hydrogens is 425 g/mol. The van der Waals surface area contributed by atoms with Gasteiger partial charge in [0.05, 0.1) is 17.4 Å². The molecule has 0 aliphatic carbocycles. The van der Waals surface area contributed by atoms with Crippen molar-refractivity contribution in [3.63, 3.8) is 0 Å². The molecule has 4 aromatic rings. The van der Waals surface area contributed by atoms with Crippen LogP contribution >= 0.6 is 15.9 Å². The number of pyridine rings is 1. The van der Waals surface area contributed by atoms with Crippen molar-refractivity contribution in [2.45, 2.75) is 13.3 Å². The van der Waals surface area contributed by atoms with Crippen molar-refractivity contribution in [2.75, 3.05) is 11.4 Å². The van der Waals surface area contributed by atoms with Crippen LogP contribution in [0.4, 0.5) is 24.7 Å². The van der Waals surface area contributed by atoms with Gasteiger partial charge < -0.3 is 4.90 Å². The van der Waals surface area contributed by atoms with Gasteiger partial charge in [0.2, 0.25) is 0 Å². The number of aromatic nitrogens is 5. The van der Waals surface area contributed by atoms with E-state index in [4.69, 9.17) is 0 Å². The van der Waals surface area contributed by atoms with Crippen molar-refractivity contribution < 1.29 is 13.2 Å². The number of hydrogen-bond donors (Lipinski definition) is 0. The Kier molecular flexibility index (Phi) is 4.42. The van der Waals surface area contributed by atoms with Gasteiger partial charge in [-0.3, -0.25) is 4.40 Å². The summed E-state index contributed by atoms with van der Waals surface area (Å²) in [7, 11) is 0. The first-order valence-electron chi connectivity index (χ1n) is 7.93. The summed E-state index contributed by atoms with van der Waals surface area (Å²) in [6, 6.07) is 7.61. The first-order valence-corrected chi connectivity index (χ1v) is 8.72. The SMILES string of the molecule is Cc1nnc2nc(N(CC(F)F)c3ccnc(Br)c3)c3c(F)cccc3n12. The Morgan fingerprint density at radius 2 is 2.04 bits per heavy atom. The van der Waals surface area contributed by atoms with Crippen LogP contribution in [0.25, 0.3) is 16.7 Å². The zero-order valence-corrected chi connectivity index (χ0v) is 15.5. The molecule has 6 nitrogen and oxygen atoms in total. The Bertz CT molecular complexity index is 1150. The van der Waals surface area contributed by atoms with Gasteiger partial charge in [-0.05, 0) is 47.1 Å². The van der Waals surface area contributed by atoms with Gasteiger partial charge in [0, 0.05) is 11.9 Å². The normalized spacial score (nSPS) is 11.6. The summed E-state index contributed by atoms with van der Waals surface area (Å²) in [5.74, 6) is 0.193. The third-order valence-electron chi connectivity index (χ3n) is 4.07. The second kappa shape index (κ2) is 6.76. The van der Waals surface area contributed by atoms with E-state index in [1.165, 1.54) is 17.2 Å². The lowest BCUT2D eigenvalue weighted by Gasteiger charge is -2.25. The van der Waals surface area contributed by atoms with Crippen LogP contribution in [0.1, 0.15) is 5.82 Å². The fraction of sp³-hybridized carbons (Fsp3) is 0.176. The summed E-state index contributed by atoms with van der Waals surface area (Å²) in [5.41, 5.74) is 0.847. The highest BCUT2D eigenvalue weighted by Gasteiger charge is 2.23. The fourth-order valence-electron chi connectivity index (χ4n) is 2.98. The molecule has 4 rings (SSSR count). The summed E-state index contributed by atoms with van der Waals surface area (Å²) < 4.78 is 43.5. The van der Waals surface area contributed by atoms with E-state index in [1.807, 2.05) is 0 Å². The minimum Gasteiger partial charge on any atom is -0.320 e. The maximum absolute atomic E-state index is 14.8. The molecule has 0 N–H and O–H groups in total. The van der Waals surface area contributed by atoms with E-state index in [0.717, 1.165) is 0 Å². The lowest BCUT2D eigenvalue weighted by molar-refractivity contribution is 0.158.